The monoisotopic (exact) mass is 324 g/mol. The Morgan fingerprint density at radius 1 is 1.00 bits per heavy atom. The average molecular weight is 324 g/mol. The molecule has 2 aromatic rings. The van der Waals surface area contributed by atoms with Crippen LogP contribution in [0.15, 0.2) is 43.0 Å². The van der Waals surface area contributed by atoms with Crippen LogP contribution in [0.1, 0.15) is 24.8 Å². The first-order valence-electron chi connectivity index (χ1n) is 8.80. The van der Waals surface area contributed by atoms with E-state index in [4.69, 9.17) is 0 Å². The van der Waals surface area contributed by atoms with Crippen LogP contribution in [0.25, 0.3) is 0 Å². The SMILES string of the molecule is c1ccc(CC2CC(C3CCN(c4ncncn4)CC3)NN2)cc1. The zero-order valence-electron chi connectivity index (χ0n) is 13.8. The molecule has 0 saturated carbocycles. The van der Waals surface area contributed by atoms with E-state index in [1.54, 1.807) is 12.7 Å². The summed E-state index contributed by atoms with van der Waals surface area (Å²) in [7, 11) is 0. The summed E-state index contributed by atoms with van der Waals surface area (Å²) in [5.74, 6) is 1.53. The maximum atomic E-state index is 4.26. The molecule has 2 saturated heterocycles. The Balaban J connectivity index is 1.28. The van der Waals surface area contributed by atoms with E-state index in [0.717, 1.165) is 31.4 Å². The van der Waals surface area contributed by atoms with E-state index in [0.29, 0.717) is 12.1 Å². The number of nitrogens with zero attached hydrogens (tertiary/aromatic N) is 4. The van der Waals surface area contributed by atoms with Gasteiger partial charge in [-0.15, -0.1) is 0 Å². The molecule has 0 amide bonds. The first-order valence-corrected chi connectivity index (χ1v) is 8.80. The van der Waals surface area contributed by atoms with Crippen molar-refractivity contribution < 1.29 is 0 Å². The summed E-state index contributed by atoms with van der Waals surface area (Å²) >= 11 is 0. The number of benzene rings is 1. The fourth-order valence-corrected chi connectivity index (χ4v) is 3.89. The number of hydrazine groups is 1. The summed E-state index contributed by atoms with van der Waals surface area (Å²) in [4.78, 5) is 14.7. The predicted molar refractivity (Wildman–Crippen MR) is 93.4 cm³/mol. The first kappa shape index (κ1) is 15.5. The van der Waals surface area contributed by atoms with Gasteiger partial charge in [0.2, 0.25) is 5.95 Å². The molecule has 2 aliphatic rings. The van der Waals surface area contributed by atoms with E-state index < -0.39 is 0 Å². The standard InChI is InChI=1S/C18H24N6/c1-2-4-14(5-3-1)10-16-11-17(23-22-16)15-6-8-24(9-7-15)18-20-12-19-13-21-18/h1-5,12-13,15-17,22-23H,6-11H2. The van der Waals surface area contributed by atoms with Crippen LogP contribution in [0.4, 0.5) is 5.95 Å². The molecule has 6 nitrogen and oxygen atoms in total. The van der Waals surface area contributed by atoms with Crippen LogP contribution in [0, 0.1) is 5.92 Å². The van der Waals surface area contributed by atoms with Crippen molar-refractivity contribution in [3.8, 4) is 0 Å². The Bertz CT molecular complexity index is 626. The zero-order chi connectivity index (χ0) is 16.2. The molecule has 1 aromatic heterocycles. The molecule has 2 N–H and O–H groups in total. The van der Waals surface area contributed by atoms with E-state index in [9.17, 15) is 0 Å². The van der Waals surface area contributed by atoms with E-state index in [-0.39, 0.29) is 0 Å². The smallest absolute Gasteiger partial charge is 0.228 e. The molecule has 0 bridgehead atoms. The molecular weight excluding hydrogens is 300 g/mol. The average Bonchev–Trinajstić information content (AvgIpc) is 3.12. The lowest BCUT2D eigenvalue weighted by atomic mass is 9.86. The molecule has 0 spiro atoms. The van der Waals surface area contributed by atoms with Crippen molar-refractivity contribution in [2.45, 2.75) is 37.8 Å². The Labute approximate surface area is 142 Å². The van der Waals surface area contributed by atoms with Gasteiger partial charge in [0.25, 0.3) is 0 Å². The second kappa shape index (κ2) is 7.23. The molecule has 1 aromatic carbocycles. The lowest BCUT2D eigenvalue weighted by molar-refractivity contribution is 0.309. The van der Waals surface area contributed by atoms with Crippen LogP contribution in [0.2, 0.25) is 0 Å². The molecule has 2 fully saturated rings. The van der Waals surface area contributed by atoms with Crippen LogP contribution in [0.3, 0.4) is 0 Å². The minimum Gasteiger partial charge on any atom is -0.341 e. The molecule has 2 atom stereocenters. The minimum atomic E-state index is 0.527. The quantitative estimate of drug-likeness (QED) is 0.890. The van der Waals surface area contributed by atoms with Crippen molar-refractivity contribution in [2.75, 3.05) is 18.0 Å². The Morgan fingerprint density at radius 3 is 2.50 bits per heavy atom. The lowest BCUT2D eigenvalue weighted by Gasteiger charge is -2.34. The van der Waals surface area contributed by atoms with Crippen molar-refractivity contribution in [3.05, 3.63) is 48.5 Å². The summed E-state index contributed by atoms with van der Waals surface area (Å²) in [6.45, 7) is 2.05. The highest BCUT2D eigenvalue weighted by Crippen LogP contribution is 2.27. The number of hydrogen-bond donors (Lipinski definition) is 2. The predicted octanol–water partition coefficient (Wildman–Crippen LogP) is 1.57. The summed E-state index contributed by atoms with van der Waals surface area (Å²) in [6, 6.07) is 11.8. The Kier molecular flexibility index (Phi) is 4.66. The lowest BCUT2D eigenvalue weighted by Crippen LogP contribution is -2.43. The van der Waals surface area contributed by atoms with E-state index in [2.05, 4.69) is 61.0 Å². The fraction of sp³-hybridized carbons (Fsp3) is 0.500. The summed E-state index contributed by atoms with van der Waals surface area (Å²) in [5, 5.41) is 0. The third-order valence-electron chi connectivity index (χ3n) is 5.21. The zero-order valence-corrected chi connectivity index (χ0v) is 13.8. The first-order chi connectivity index (χ1) is 11.9. The van der Waals surface area contributed by atoms with Crippen molar-refractivity contribution in [2.24, 2.45) is 5.92 Å². The molecule has 3 heterocycles. The Hall–Kier alpha value is -2.05. The second-order valence-corrected chi connectivity index (χ2v) is 6.78. The molecule has 126 valence electrons. The van der Waals surface area contributed by atoms with Gasteiger partial charge in [0.05, 0.1) is 0 Å². The van der Waals surface area contributed by atoms with Crippen molar-refractivity contribution >= 4 is 5.95 Å². The second-order valence-electron chi connectivity index (χ2n) is 6.78. The molecule has 2 unspecified atom stereocenters. The van der Waals surface area contributed by atoms with Gasteiger partial charge in [-0.05, 0) is 37.2 Å². The van der Waals surface area contributed by atoms with Crippen LogP contribution >= 0.6 is 0 Å². The van der Waals surface area contributed by atoms with Crippen LogP contribution in [-0.4, -0.2) is 40.1 Å². The highest BCUT2D eigenvalue weighted by molar-refractivity contribution is 5.28. The van der Waals surface area contributed by atoms with E-state index in [1.807, 2.05) is 0 Å². The van der Waals surface area contributed by atoms with Crippen molar-refractivity contribution in [1.29, 1.82) is 0 Å². The third kappa shape index (κ3) is 3.55. The van der Waals surface area contributed by atoms with Crippen LogP contribution in [-0.2, 0) is 6.42 Å². The number of rotatable bonds is 4. The van der Waals surface area contributed by atoms with Gasteiger partial charge in [-0.1, -0.05) is 30.3 Å². The van der Waals surface area contributed by atoms with Gasteiger partial charge in [-0.2, -0.15) is 0 Å². The molecule has 24 heavy (non-hydrogen) atoms. The molecule has 0 radical (unpaired) electrons. The van der Waals surface area contributed by atoms with Gasteiger partial charge in [0.1, 0.15) is 12.7 Å². The van der Waals surface area contributed by atoms with Crippen LogP contribution < -0.4 is 15.8 Å². The van der Waals surface area contributed by atoms with Gasteiger partial charge in [0, 0.05) is 25.2 Å². The summed E-state index contributed by atoms with van der Waals surface area (Å²) < 4.78 is 0. The van der Waals surface area contributed by atoms with E-state index >= 15 is 0 Å². The van der Waals surface area contributed by atoms with E-state index in [1.165, 1.54) is 24.8 Å². The largest absolute Gasteiger partial charge is 0.341 e. The number of hydrogen-bond acceptors (Lipinski definition) is 6. The van der Waals surface area contributed by atoms with Gasteiger partial charge >= 0.3 is 0 Å². The fourth-order valence-electron chi connectivity index (χ4n) is 3.89. The molecular formula is C18H24N6. The van der Waals surface area contributed by atoms with Gasteiger partial charge < -0.3 is 4.90 Å². The summed E-state index contributed by atoms with van der Waals surface area (Å²) in [5.41, 5.74) is 8.45. The van der Waals surface area contributed by atoms with Crippen LogP contribution in [0.5, 0.6) is 0 Å². The molecule has 4 rings (SSSR count). The van der Waals surface area contributed by atoms with Crippen molar-refractivity contribution in [3.63, 3.8) is 0 Å². The molecule has 2 aliphatic heterocycles. The third-order valence-corrected chi connectivity index (χ3v) is 5.21. The number of piperidine rings is 1. The Morgan fingerprint density at radius 2 is 1.75 bits per heavy atom. The maximum Gasteiger partial charge on any atom is 0.228 e. The molecule has 6 heteroatoms. The minimum absolute atomic E-state index is 0.527. The van der Waals surface area contributed by atoms with Crippen molar-refractivity contribution in [1.82, 2.24) is 25.8 Å². The highest BCUT2D eigenvalue weighted by Gasteiger charge is 2.32. The van der Waals surface area contributed by atoms with Gasteiger partial charge in [0.15, 0.2) is 0 Å². The summed E-state index contributed by atoms with van der Waals surface area (Å²) in [6.07, 6.45) is 7.81. The number of nitrogens with one attached hydrogen (secondary N) is 2. The van der Waals surface area contributed by atoms with Gasteiger partial charge in [-0.3, -0.25) is 10.9 Å². The van der Waals surface area contributed by atoms with Gasteiger partial charge in [-0.25, -0.2) is 15.0 Å². The topological polar surface area (TPSA) is 66.0 Å². The molecule has 0 aliphatic carbocycles. The number of anilines is 1. The number of aromatic nitrogens is 3. The highest BCUT2D eigenvalue weighted by atomic mass is 15.4. The normalized spacial score (nSPS) is 25.1. The maximum absolute atomic E-state index is 4.26.